The van der Waals surface area contributed by atoms with Crippen LogP contribution in [-0.2, 0) is 21.3 Å². The summed E-state index contributed by atoms with van der Waals surface area (Å²) in [6.45, 7) is 13.4. The van der Waals surface area contributed by atoms with Crippen molar-refractivity contribution in [2.75, 3.05) is 58.9 Å². The Bertz CT molecular complexity index is 214. The molecule has 0 aliphatic rings. The Morgan fingerprint density at radius 3 is 1.57 bits per heavy atom. The van der Waals surface area contributed by atoms with Crippen LogP contribution in [0.1, 0.15) is 20.8 Å². The van der Waals surface area contributed by atoms with Crippen LogP contribution in [0.3, 0.4) is 0 Å². The average Bonchev–Trinajstić information content (AvgIpc) is 2.48. The number of nitrogens with one attached hydrogen (secondary N) is 6. The molecule has 21 heavy (non-hydrogen) atoms. The van der Waals surface area contributed by atoms with Crippen LogP contribution in [0.2, 0.25) is 0 Å². The zero-order valence-electron chi connectivity index (χ0n) is 13.7. The molecule has 0 aromatic heterocycles. The van der Waals surface area contributed by atoms with Gasteiger partial charge in [0.1, 0.15) is 0 Å². The Labute approximate surface area is 134 Å². The van der Waals surface area contributed by atoms with Crippen LogP contribution in [0.4, 0.5) is 0 Å². The van der Waals surface area contributed by atoms with Gasteiger partial charge in [-0.05, 0) is 0 Å². The van der Waals surface area contributed by atoms with Crippen molar-refractivity contribution in [3.05, 3.63) is 0 Å². The van der Waals surface area contributed by atoms with Crippen molar-refractivity contribution >= 4 is 0 Å². The molecule has 0 aliphatic heterocycles. The van der Waals surface area contributed by atoms with Crippen molar-refractivity contribution < 1.29 is 25.0 Å². The molecule has 9 heteroatoms. The van der Waals surface area contributed by atoms with Crippen molar-refractivity contribution in [3.8, 4) is 0 Å². The van der Waals surface area contributed by atoms with Gasteiger partial charge in [-0.3, -0.25) is 0 Å². The normalized spacial score (nSPS) is 12.0. The van der Waals surface area contributed by atoms with Crippen LogP contribution in [0.5, 0.6) is 0 Å². The first-order valence-electron chi connectivity index (χ1n) is 7.94. The maximum absolute atomic E-state index is 10.6. The van der Waals surface area contributed by atoms with Crippen molar-refractivity contribution in [2.45, 2.75) is 20.8 Å². The number of hydroxylamine groups is 1. The van der Waals surface area contributed by atoms with Gasteiger partial charge in [-0.25, -0.2) is 0 Å². The summed E-state index contributed by atoms with van der Waals surface area (Å²) in [5, 5.41) is 9.61. The van der Waals surface area contributed by atoms with Gasteiger partial charge in [0.05, 0.1) is 0 Å². The standard InChI is InChI=1S/C4H11N2O.2C4H11N2.H2O.Ti/c1-2-5-3-4-6-7;2*1-2-6-4-3-5;;/h5-6H,2-4H2,1H3;2*5-6H,2-4H2,1H3;1H2;/q3*-1;;+4/p-1. The molecule has 0 fully saturated rings. The number of hydrogen-bond acceptors (Lipinski definition) is 8. The van der Waals surface area contributed by atoms with Crippen LogP contribution in [0.15, 0.2) is 0 Å². The Morgan fingerprint density at radius 1 is 0.714 bits per heavy atom. The Balaban J connectivity index is 3.98. The fourth-order valence-electron chi connectivity index (χ4n) is 1.60. The van der Waals surface area contributed by atoms with E-state index in [0.717, 1.165) is 39.3 Å². The number of likely N-dealkylation sites (N-methyl/N-ethyl adjacent to an activating group) is 3. The molecule has 0 saturated carbocycles. The van der Waals surface area contributed by atoms with E-state index in [1.807, 2.05) is 0 Å². The first-order valence-corrected chi connectivity index (χ1v) is 10.8. The summed E-state index contributed by atoms with van der Waals surface area (Å²) in [4.78, 5) is 0. The zero-order chi connectivity index (χ0) is 15.8. The molecular weight excluding hydrogens is 308 g/mol. The van der Waals surface area contributed by atoms with E-state index in [1.54, 1.807) is 0 Å². The van der Waals surface area contributed by atoms with Gasteiger partial charge in [-0.2, -0.15) is 0 Å². The molecule has 0 aromatic carbocycles. The molecule has 0 bridgehead atoms. The third-order valence-corrected chi connectivity index (χ3v) is 5.67. The molecule has 8 nitrogen and oxygen atoms in total. The minimum atomic E-state index is -3.67. The summed E-state index contributed by atoms with van der Waals surface area (Å²) in [5.41, 5.74) is 2.85. The monoisotopic (exact) mass is 342 g/mol. The first kappa shape index (κ1) is 21.4. The first-order chi connectivity index (χ1) is 10.2. The van der Waals surface area contributed by atoms with Crippen LogP contribution < -0.4 is 29.0 Å². The third-order valence-electron chi connectivity index (χ3n) is 2.71. The molecule has 7 N–H and O–H groups in total. The molecular formula is C12H34N6O2Ti. The summed E-state index contributed by atoms with van der Waals surface area (Å²) in [6, 6.07) is 0. The van der Waals surface area contributed by atoms with Crippen molar-refractivity contribution in [2.24, 2.45) is 0 Å². The van der Waals surface area contributed by atoms with Gasteiger partial charge in [0.2, 0.25) is 0 Å². The van der Waals surface area contributed by atoms with E-state index >= 15 is 0 Å². The van der Waals surface area contributed by atoms with E-state index in [2.05, 4.69) is 49.8 Å². The molecule has 0 aliphatic carbocycles. The van der Waals surface area contributed by atoms with Gasteiger partial charge in [0.15, 0.2) is 0 Å². The van der Waals surface area contributed by atoms with Gasteiger partial charge in [0.25, 0.3) is 0 Å². The predicted molar refractivity (Wildman–Crippen MR) is 82.9 cm³/mol. The van der Waals surface area contributed by atoms with Crippen LogP contribution >= 0.6 is 0 Å². The third kappa shape index (κ3) is 13.8. The molecule has 0 amide bonds. The molecule has 0 spiro atoms. The van der Waals surface area contributed by atoms with E-state index in [1.165, 1.54) is 0 Å². The second-order valence-corrected chi connectivity index (χ2v) is 7.99. The van der Waals surface area contributed by atoms with Crippen molar-refractivity contribution in [3.63, 3.8) is 0 Å². The van der Waals surface area contributed by atoms with E-state index in [-0.39, 0.29) is 0 Å². The second kappa shape index (κ2) is 15.3. The molecule has 0 saturated heterocycles. The summed E-state index contributed by atoms with van der Waals surface area (Å²) in [5.74, 6) is 0. The fourth-order valence-corrected chi connectivity index (χ4v) is 3.96. The van der Waals surface area contributed by atoms with Gasteiger partial charge in [0, 0.05) is 0 Å². The quantitative estimate of drug-likeness (QED) is 0.101. The number of rotatable bonds is 16. The SMILES string of the molecule is CCNCCN[O][Ti]([OH])([NH]CCNCC)[NH]CCNCC. The van der Waals surface area contributed by atoms with Gasteiger partial charge < -0.3 is 0 Å². The maximum atomic E-state index is 10.6. The molecule has 128 valence electrons. The summed E-state index contributed by atoms with van der Waals surface area (Å²) in [6.07, 6.45) is 0. The summed E-state index contributed by atoms with van der Waals surface area (Å²) < 4.78 is 22.4. The number of hydrogen-bond donors (Lipinski definition) is 7. The fraction of sp³-hybridized carbons (Fsp3) is 1.00. The summed E-state index contributed by atoms with van der Waals surface area (Å²) in [7, 11) is 0. The second-order valence-electron chi connectivity index (χ2n) is 4.55. The average molecular weight is 342 g/mol. The van der Waals surface area contributed by atoms with Crippen LogP contribution in [0, 0.1) is 0 Å². The van der Waals surface area contributed by atoms with E-state index in [9.17, 15) is 3.69 Å². The predicted octanol–water partition coefficient (Wildman–Crippen LogP) is -1.68. The Kier molecular flexibility index (Phi) is 15.6. The Morgan fingerprint density at radius 2 is 1.14 bits per heavy atom. The summed E-state index contributed by atoms with van der Waals surface area (Å²) >= 11 is -3.67. The Hall–Kier alpha value is 0.394. The van der Waals surface area contributed by atoms with Crippen LogP contribution in [-0.4, -0.2) is 62.6 Å². The van der Waals surface area contributed by atoms with Crippen molar-refractivity contribution in [1.82, 2.24) is 29.0 Å². The minimum absolute atomic E-state index is 0.658. The molecule has 0 atom stereocenters. The van der Waals surface area contributed by atoms with Gasteiger partial charge in [-0.1, -0.05) is 0 Å². The van der Waals surface area contributed by atoms with Gasteiger partial charge in [-0.15, -0.1) is 0 Å². The topological polar surface area (TPSA) is 102 Å². The van der Waals surface area contributed by atoms with E-state index < -0.39 is 17.9 Å². The van der Waals surface area contributed by atoms with Gasteiger partial charge >= 0.3 is 134 Å². The van der Waals surface area contributed by atoms with Crippen LogP contribution in [0.25, 0.3) is 0 Å². The molecule has 0 aromatic rings. The molecule has 0 radical (unpaired) electrons. The molecule has 0 rings (SSSR count). The zero-order valence-corrected chi connectivity index (χ0v) is 15.3. The van der Waals surface area contributed by atoms with Crippen molar-refractivity contribution in [1.29, 1.82) is 0 Å². The molecule has 0 heterocycles. The van der Waals surface area contributed by atoms with E-state index in [0.29, 0.717) is 19.6 Å². The van der Waals surface area contributed by atoms with E-state index in [4.69, 9.17) is 3.42 Å². The molecule has 0 unspecified atom stereocenters.